The van der Waals surface area contributed by atoms with E-state index < -0.39 is 17.5 Å². The van der Waals surface area contributed by atoms with Crippen molar-refractivity contribution in [1.29, 1.82) is 0 Å². The molecule has 1 aliphatic heterocycles. The van der Waals surface area contributed by atoms with E-state index >= 15 is 0 Å². The fourth-order valence-electron chi connectivity index (χ4n) is 2.50. The first-order chi connectivity index (χ1) is 8.58. The Labute approximate surface area is 105 Å². The molecule has 4 atom stereocenters. The molecule has 100 valence electrons. The highest BCUT2D eigenvalue weighted by Gasteiger charge is 2.42. The first-order valence-corrected chi connectivity index (χ1v) is 6.08. The Kier molecular flexibility index (Phi) is 3.68. The van der Waals surface area contributed by atoms with Gasteiger partial charge in [0.05, 0.1) is 6.10 Å². The van der Waals surface area contributed by atoms with Crippen molar-refractivity contribution >= 4 is 0 Å². The first-order valence-electron chi connectivity index (χ1n) is 6.08. The SMILES string of the molecule is CC[C@H]1O[C@@H](n2ccc(=O)[nH]c2=O)C(OC)[C@H]1C. The highest BCUT2D eigenvalue weighted by Crippen LogP contribution is 2.35. The van der Waals surface area contributed by atoms with Crippen molar-refractivity contribution < 1.29 is 9.47 Å². The van der Waals surface area contributed by atoms with Crippen LogP contribution in [0.2, 0.25) is 0 Å². The maximum absolute atomic E-state index is 11.8. The minimum Gasteiger partial charge on any atom is -0.376 e. The van der Waals surface area contributed by atoms with Crippen LogP contribution in [0.25, 0.3) is 0 Å². The first kappa shape index (κ1) is 13.0. The molecular weight excluding hydrogens is 236 g/mol. The second-order valence-corrected chi connectivity index (χ2v) is 4.55. The topological polar surface area (TPSA) is 73.3 Å². The molecule has 1 N–H and O–H groups in total. The van der Waals surface area contributed by atoms with Gasteiger partial charge in [0.1, 0.15) is 6.10 Å². The molecule has 0 bridgehead atoms. The van der Waals surface area contributed by atoms with Crippen molar-refractivity contribution in [2.45, 2.75) is 38.7 Å². The summed E-state index contributed by atoms with van der Waals surface area (Å²) in [5, 5.41) is 0. The van der Waals surface area contributed by atoms with Crippen LogP contribution in [0, 0.1) is 5.92 Å². The van der Waals surface area contributed by atoms with Gasteiger partial charge in [-0.15, -0.1) is 0 Å². The molecule has 1 aromatic rings. The van der Waals surface area contributed by atoms with Gasteiger partial charge >= 0.3 is 5.69 Å². The molecule has 6 heteroatoms. The Balaban J connectivity index is 2.38. The Hall–Kier alpha value is -1.40. The van der Waals surface area contributed by atoms with Crippen molar-refractivity contribution in [1.82, 2.24) is 9.55 Å². The van der Waals surface area contributed by atoms with E-state index in [2.05, 4.69) is 4.98 Å². The van der Waals surface area contributed by atoms with Crippen molar-refractivity contribution in [2.24, 2.45) is 5.92 Å². The quantitative estimate of drug-likeness (QED) is 0.852. The lowest BCUT2D eigenvalue weighted by Gasteiger charge is -2.20. The highest BCUT2D eigenvalue weighted by atomic mass is 16.6. The van der Waals surface area contributed by atoms with Gasteiger partial charge in [0.15, 0.2) is 6.23 Å². The van der Waals surface area contributed by atoms with E-state index in [0.29, 0.717) is 0 Å². The van der Waals surface area contributed by atoms with Gasteiger partial charge < -0.3 is 9.47 Å². The van der Waals surface area contributed by atoms with Crippen LogP contribution in [0.1, 0.15) is 26.5 Å². The fourth-order valence-corrected chi connectivity index (χ4v) is 2.50. The Morgan fingerprint density at radius 3 is 2.78 bits per heavy atom. The number of rotatable bonds is 3. The smallest absolute Gasteiger partial charge is 0.330 e. The molecule has 1 saturated heterocycles. The second kappa shape index (κ2) is 5.07. The van der Waals surface area contributed by atoms with Crippen LogP contribution in [0.5, 0.6) is 0 Å². The van der Waals surface area contributed by atoms with Gasteiger partial charge in [-0.1, -0.05) is 13.8 Å². The molecule has 1 aliphatic rings. The summed E-state index contributed by atoms with van der Waals surface area (Å²) in [5.74, 6) is 0.198. The molecule has 2 heterocycles. The van der Waals surface area contributed by atoms with E-state index in [4.69, 9.17) is 9.47 Å². The average molecular weight is 254 g/mol. The molecule has 0 aromatic carbocycles. The molecule has 0 saturated carbocycles. The summed E-state index contributed by atoms with van der Waals surface area (Å²) in [7, 11) is 1.60. The lowest BCUT2D eigenvalue weighted by molar-refractivity contribution is -0.0530. The van der Waals surface area contributed by atoms with E-state index in [1.807, 2.05) is 13.8 Å². The number of aromatic amines is 1. The summed E-state index contributed by atoms with van der Waals surface area (Å²) in [6.45, 7) is 4.07. The summed E-state index contributed by atoms with van der Waals surface area (Å²) >= 11 is 0. The molecule has 6 nitrogen and oxygen atoms in total. The third-order valence-electron chi connectivity index (χ3n) is 3.50. The van der Waals surface area contributed by atoms with Crippen LogP contribution in [-0.2, 0) is 9.47 Å². The summed E-state index contributed by atoms with van der Waals surface area (Å²) in [5.41, 5.74) is -0.887. The zero-order valence-corrected chi connectivity index (χ0v) is 10.8. The predicted molar refractivity (Wildman–Crippen MR) is 65.5 cm³/mol. The van der Waals surface area contributed by atoms with E-state index in [1.54, 1.807) is 7.11 Å². The second-order valence-electron chi connectivity index (χ2n) is 4.55. The molecule has 0 spiro atoms. The van der Waals surface area contributed by atoms with Gasteiger partial charge in [-0.2, -0.15) is 0 Å². The largest absolute Gasteiger partial charge is 0.376 e. The minimum absolute atomic E-state index is 0.0544. The van der Waals surface area contributed by atoms with Crippen LogP contribution in [-0.4, -0.2) is 28.9 Å². The molecule has 18 heavy (non-hydrogen) atoms. The highest BCUT2D eigenvalue weighted by molar-refractivity contribution is 4.91. The lowest BCUT2D eigenvalue weighted by Crippen LogP contribution is -2.36. The Morgan fingerprint density at radius 1 is 1.50 bits per heavy atom. The Bertz CT molecular complexity index is 521. The van der Waals surface area contributed by atoms with E-state index in [0.717, 1.165) is 6.42 Å². The van der Waals surface area contributed by atoms with Crippen LogP contribution in [0.4, 0.5) is 0 Å². The number of H-pyrrole nitrogens is 1. The fraction of sp³-hybridized carbons (Fsp3) is 0.667. The standard InChI is InChI=1S/C12H18N2O4/c1-4-8-7(2)10(17-3)11(18-8)14-6-5-9(15)13-12(14)16/h5-8,10-11H,4H2,1-3H3,(H,13,15,16)/t7-,8+,10?,11+/m0/s1. The summed E-state index contributed by atoms with van der Waals surface area (Å²) < 4.78 is 12.7. The number of ether oxygens (including phenoxy) is 2. The minimum atomic E-state index is -0.487. The monoisotopic (exact) mass is 254 g/mol. The molecule has 0 aliphatic carbocycles. The van der Waals surface area contributed by atoms with Gasteiger partial charge in [0, 0.05) is 25.3 Å². The zero-order valence-electron chi connectivity index (χ0n) is 10.8. The van der Waals surface area contributed by atoms with Crippen molar-refractivity contribution in [3.8, 4) is 0 Å². The van der Waals surface area contributed by atoms with Crippen molar-refractivity contribution in [2.75, 3.05) is 7.11 Å². The summed E-state index contributed by atoms with van der Waals surface area (Å²) in [4.78, 5) is 25.0. The van der Waals surface area contributed by atoms with Gasteiger partial charge in [-0.05, 0) is 6.42 Å². The average Bonchev–Trinajstić information content (AvgIpc) is 2.65. The number of hydrogen-bond donors (Lipinski definition) is 1. The predicted octanol–water partition coefficient (Wildman–Crippen LogP) is 0.495. The van der Waals surface area contributed by atoms with E-state index in [1.165, 1.54) is 16.8 Å². The van der Waals surface area contributed by atoms with Gasteiger partial charge in [0.25, 0.3) is 5.56 Å². The lowest BCUT2D eigenvalue weighted by atomic mass is 9.98. The van der Waals surface area contributed by atoms with Crippen molar-refractivity contribution in [3.05, 3.63) is 33.1 Å². The molecule has 1 aromatic heterocycles. The van der Waals surface area contributed by atoms with Crippen LogP contribution < -0.4 is 11.2 Å². The molecule has 0 radical (unpaired) electrons. The molecule has 0 amide bonds. The van der Waals surface area contributed by atoms with Gasteiger partial charge in [-0.25, -0.2) is 4.79 Å². The number of methoxy groups -OCH3 is 1. The number of hydrogen-bond acceptors (Lipinski definition) is 4. The third-order valence-corrected chi connectivity index (χ3v) is 3.50. The maximum atomic E-state index is 11.8. The van der Waals surface area contributed by atoms with Crippen LogP contribution in [0.3, 0.4) is 0 Å². The maximum Gasteiger partial charge on any atom is 0.330 e. The summed E-state index contributed by atoms with van der Waals surface area (Å²) in [6.07, 6.45) is 1.68. The van der Waals surface area contributed by atoms with E-state index in [-0.39, 0.29) is 18.1 Å². The van der Waals surface area contributed by atoms with E-state index in [9.17, 15) is 9.59 Å². The van der Waals surface area contributed by atoms with Crippen LogP contribution in [0.15, 0.2) is 21.9 Å². The van der Waals surface area contributed by atoms with Gasteiger partial charge in [0.2, 0.25) is 0 Å². The number of nitrogens with one attached hydrogen (secondary N) is 1. The third kappa shape index (κ3) is 2.13. The molecule has 1 unspecified atom stereocenters. The number of nitrogens with zero attached hydrogens (tertiary/aromatic N) is 1. The molecule has 1 fully saturated rings. The van der Waals surface area contributed by atoms with Crippen LogP contribution >= 0.6 is 0 Å². The number of aromatic nitrogens is 2. The normalized spacial score (nSPS) is 31.7. The molecular formula is C12H18N2O4. The zero-order chi connectivity index (χ0) is 13.3. The van der Waals surface area contributed by atoms with Gasteiger partial charge in [-0.3, -0.25) is 14.3 Å². The summed E-state index contributed by atoms with van der Waals surface area (Å²) in [6, 6.07) is 1.31. The van der Waals surface area contributed by atoms with Crippen molar-refractivity contribution in [3.63, 3.8) is 0 Å². The Morgan fingerprint density at radius 2 is 2.22 bits per heavy atom. The molecule has 2 rings (SSSR count).